The van der Waals surface area contributed by atoms with Gasteiger partial charge in [-0.15, -0.1) is 0 Å². The van der Waals surface area contributed by atoms with E-state index in [4.69, 9.17) is 5.73 Å². The number of benzene rings is 1. The van der Waals surface area contributed by atoms with Crippen LogP contribution in [-0.4, -0.2) is 11.7 Å². The highest BCUT2D eigenvalue weighted by atomic mass is 16.3. The Balaban J connectivity index is 2.43. The van der Waals surface area contributed by atoms with Crippen molar-refractivity contribution in [1.29, 1.82) is 0 Å². The normalized spacial score (nSPS) is 29.1. The monoisotopic (exact) mass is 289 g/mol. The molecule has 2 heteroatoms. The summed E-state index contributed by atoms with van der Waals surface area (Å²) >= 11 is 0. The van der Waals surface area contributed by atoms with Crippen LogP contribution in [0.25, 0.3) is 0 Å². The Hall–Kier alpha value is -0.860. The number of nitrogens with two attached hydrogens (primary N) is 1. The molecular weight excluding hydrogens is 258 g/mol. The first-order valence-corrected chi connectivity index (χ1v) is 8.36. The summed E-state index contributed by atoms with van der Waals surface area (Å²) in [7, 11) is 0. The molecule has 0 saturated heterocycles. The van der Waals surface area contributed by atoms with E-state index in [1.807, 2.05) is 6.92 Å². The van der Waals surface area contributed by atoms with E-state index in [0.29, 0.717) is 12.5 Å². The van der Waals surface area contributed by atoms with E-state index >= 15 is 0 Å². The Bertz CT molecular complexity index is 474. The maximum absolute atomic E-state index is 11.4. The van der Waals surface area contributed by atoms with Crippen molar-refractivity contribution in [2.45, 2.75) is 65.4 Å². The molecule has 2 rings (SSSR count). The Morgan fingerprint density at radius 1 is 1.29 bits per heavy atom. The van der Waals surface area contributed by atoms with Gasteiger partial charge in [-0.25, -0.2) is 0 Å². The molecule has 0 bridgehead atoms. The Morgan fingerprint density at radius 2 is 1.90 bits per heavy atom. The molecule has 2 nitrogen and oxygen atoms in total. The van der Waals surface area contributed by atoms with Crippen molar-refractivity contribution in [3.63, 3.8) is 0 Å². The van der Waals surface area contributed by atoms with Crippen LogP contribution in [0.5, 0.6) is 0 Å². The fraction of sp³-hybridized carbons (Fsp3) is 0.684. The van der Waals surface area contributed by atoms with Crippen LogP contribution in [0.3, 0.4) is 0 Å². The molecule has 3 unspecified atom stereocenters. The molecule has 1 aromatic carbocycles. The Labute approximate surface area is 129 Å². The summed E-state index contributed by atoms with van der Waals surface area (Å²) in [4.78, 5) is 0. The molecule has 1 aromatic rings. The first-order valence-electron chi connectivity index (χ1n) is 8.36. The van der Waals surface area contributed by atoms with Gasteiger partial charge in [-0.05, 0) is 45.1 Å². The quantitative estimate of drug-likeness (QED) is 0.878. The molecule has 118 valence electrons. The molecule has 3 atom stereocenters. The van der Waals surface area contributed by atoms with Crippen LogP contribution in [0.4, 0.5) is 0 Å². The van der Waals surface area contributed by atoms with Crippen LogP contribution < -0.4 is 5.73 Å². The van der Waals surface area contributed by atoms with Crippen LogP contribution in [0, 0.1) is 25.2 Å². The third kappa shape index (κ3) is 3.02. The van der Waals surface area contributed by atoms with Crippen molar-refractivity contribution in [2.75, 3.05) is 6.54 Å². The van der Waals surface area contributed by atoms with Gasteiger partial charge in [-0.1, -0.05) is 55.5 Å². The molecule has 0 aliphatic heterocycles. The zero-order valence-corrected chi connectivity index (χ0v) is 14.1. The molecule has 3 N–H and O–H groups in total. The lowest BCUT2D eigenvalue weighted by Crippen LogP contribution is -2.51. The summed E-state index contributed by atoms with van der Waals surface area (Å²) in [5.74, 6) is 0.694. The summed E-state index contributed by atoms with van der Waals surface area (Å²) in [5, 5.41) is 11.4. The van der Waals surface area contributed by atoms with Crippen molar-refractivity contribution in [3.8, 4) is 0 Å². The van der Waals surface area contributed by atoms with E-state index in [1.54, 1.807) is 0 Å². The molecule has 0 amide bonds. The van der Waals surface area contributed by atoms with Crippen molar-refractivity contribution in [3.05, 3.63) is 34.9 Å². The standard InChI is InChI=1S/C19H31NO/c1-5-16-7-6-8-19(12-16,13-20)18(4,21)17-10-14(2)9-15(3)11-17/h9-11,16,21H,5-8,12-13,20H2,1-4H3. The van der Waals surface area contributed by atoms with Gasteiger partial charge in [0, 0.05) is 12.0 Å². The lowest BCUT2D eigenvalue weighted by molar-refractivity contribution is -0.102. The average Bonchev–Trinajstić information content (AvgIpc) is 2.46. The topological polar surface area (TPSA) is 46.2 Å². The minimum Gasteiger partial charge on any atom is -0.385 e. The highest BCUT2D eigenvalue weighted by Crippen LogP contribution is 2.51. The summed E-state index contributed by atoms with van der Waals surface area (Å²) in [6.45, 7) is 8.98. The Morgan fingerprint density at radius 3 is 2.43 bits per heavy atom. The second-order valence-electron chi connectivity index (χ2n) is 7.30. The zero-order valence-electron chi connectivity index (χ0n) is 14.1. The fourth-order valence-corrected chi connectivity index (χ4v) is 4.22. The number of aryl methyl sites for hydroxylation is 2. The van der Waals surface area contributed by atoms with Crippen molar-refractivity contribution < 1.29 is 5.11 Å². The lowest BCUT2D eigenvalue weighted by atomic mass is 9.59. The average molecular weight is 289 g/mol. The molecule has 0 radical (unpaired) electrons. The summed E-state index contributed by atoms with van der Waals surface area (Å²) < 4.78 is 0. The molecule has 0 heterocycles. The molecule has 1 saturated carbocycles. The van der Waals surface area contributed by atoms with Crippen LogP contribution in [0.2, 0.25) is 0 Å². The number of rotatable bonds is 4. The first-order chi connectivity index (χ1) is 9.84. The minimum absolute atomic E-state index is 0.188. The maximum Gasteiger partial charge on any atom is 0.0936 e. The third-order valence-electron chi connectivity index (χ3n) is 5.73. The summed E-state index contributed by atoms with van der Waals surface area (Å²) in [6.07, 6.45) is 5.71. The number of hydrogen-bond donors (Lipinski definition) is 2. The summed E-state index contributed by atoms with van der Waals surface area (Å²) in [6, 6.07) is 6.41. The minimum atomic E-state index is -0.855. The Kier molecular flexibility index (Phi) is 4.79. The highest BCUT2D eigenvalue weighted by molar-refractivity contribution is 5.34. The van der Waals surface area contributed by atoms with Crippen LogP contribution >= 0.6 is 0 Å². The van der Waals surface area contributed by atoms with Gasteiger partial charge >= 0.3 is 0 Å². The molecule has 0 aromatic heterocycles. The van der Waals surface area contributed by atoms with Gasteiger partial charge in [-0.2, -0.15) is 0 Å². The van der Waals surface area contributed by atoms with Crippen LogP contribution in [0.15, 0.2) is 18.2 Å². The van der Waals surface area contributed by atoms with Gasteiger partial charge in [0.25, 0.3) is 0 Å². The van der Waals surface area contributed by atoms with E-state index in [9.17, 15) is 5.11 Å². The SMILES string of the molecule is CCC1CCCC(CN)(C(C)(O)c2cc(C)cc(C)c2)C1. The molecular formula is C19H31NO. The van der Waals surface area contributed by atoms with Gasteiger partial charge in [-0.3, -0.25) is 0 Å². The van der Waals surface area contributed by atoms with Gasteiger partial charge in [0.15, 0.2) is 0 Å². The largest absolute Gasteiger partial charge is 0.385 e. The smallest absolute Gasteiger partial charge is 0.0936 e. The molecule has 1 aliphatic carbocycles. The predicted molar refractivity (Wildman–Crippen MR) is 89.2 cm³/mol. The number of hydrogen-bond acceptors (Lipinski definition) is 2. The van der Waals surface area contributed by atoms with Crippen molar-refractivity contribution >= 4 is 0 Å². The maximum atomic E-state index is 11.4. The molecule has 0 spiro atoms. The van der Waals surface area contributed by atoms with E-state index in [0.717, 1.165) is 18.4 Å². The van der Waals surface area contributed by atoms with Gasteiger partial charge in [0.05, 0.1) is 5.60 Å². The lowest BCUT2D eigenvalue weighted by Gasteiger charge is -2.50. The second kappa shape index (κ2) is 6.10. The predicted octanol–water partition coefficient (Wildman–Crippen LogP) is 4.06. The van der Waals surface area contributed by atoms with Crippen molar-refractivity contribution in [1.82, 2.24) is 0 Å². The fourth-order valence-electron chi connectivity index (χ4n) is 4.22. The number of aliphatic hydroxyl groups is 1. The van der Waals surface area contributed by atoms with E-state index < -0.39 is 5.60 Å². The van der Waals surface area contributed by atoms with E-state index in [2.05, 4.69) is 39.0 Å². The van der Waals surface area contributed by atoms with Gasteiger partial charge in [0.2, 0.25) is 0 Å². The van der Waals surface area contributed by atoms with Crippen LogP contribution in [0.1, 0.15) is 62.6 Å². The second-order valence-corrected chi connectivity index (χ2v) is 7.30. The zero-order chi connectivity index (χ0) is 15.7. The van der Waals surface area contributed by atoms with Gasteiger partial charge < -0.3 is 10.8 Å². The van der Waals surface area contributed by atoms with E-state index in [1.165, 1.54) is 30.4 Å². The molecule has 21 heavy (non-hydrogen) atoms. The van der Waals surface area contributed by atoms with Gasteiger partial charge in [0.1, 0.15) is 0 Å². The van der Waals surface area contributed by atoms with E-state index in [-0.39, 0.29) is 5.41 Å². The third-order valence-corrected chi connectivity index (χ3v) is 5.73. The first kappa shape index (κ1) is 16.5. The van der Waals surface area contributed by atoms with Crippen LogP contribution in [-0.2, 0) is 5.60 Å². The molecule has 1 fully saturated rings. The van der Waals surface area contributed by atoms with Crippen molar-refractivity contribution in [2.24, 2.45) is 17.1 Å². The summed E-state index contributed by atoms with van der Waals surface area (Å²) in [5.41, 5.74) is 8.60. The molecule has 1 aliphatic rings. The highest BCUT2D eigenvalue weighted by Gasteiger charge is 2.49.